The Morgan fingerprint density at radius 3 is 2.86 bits per heavy atom. The van der Waals surface area contributed by atoms with E-state index in [9.17, 15) is 10.1 Å². The van der Waals surface area contributed by atoms with Crippen LogP contribution >= 0.6 is 11.6 Å². The third kappa shape index (κ3) is 2.58. The van der Waals surface area contributed by atoms with Crippen molar-refractivity contribution in [3.63, 3.8) is 0 Å². The molecule has 0 aromatic heterocycles. The maximum absolute atomic E-state index is 10.4. The van der Waals surface area contributed by atoms with Gasteiger partial charge < -0.3 is 10.4 Å². The minimum absolute atomic E-state index is 0.0326. The zero-order valence-corrected chi connectivity index (χ0v) is 7.99. The lowest BCUT2D eigenvalue weighted by Gasteiger charge is -2.05. The van der Waals surface area contributed by atoms with Crippen LogP contribution in [0.1, 0.15) is 0 Å². The minimum atomic E-state index is -0.500. The van der Waals surface area contributed by atoms with Crippen molar-refractivity contribution in [2.45, 2.75) is 0 Å². The molecule has 0 heterocycles. The number of hydrogen-bond donors (Lipinski definition) is 2. The van der Waals surface area contributed by atoms with Crippen molar-refractivity contribution >= 4 is 23.0 Å². The van der Waals surface area contributed by atoms with Gasteiger partial charge in [0.2, 0.25) is 0 Å². The number of nitro benzene ring substituents is 1. The van der Waals surface area contributed by atoms with Gasteiger partial charge in [-0.1, -0.05) is 11.6 Å². The molecule has 0 aliphatic heterocycles. The number of rotatable bonds is 4. The summed E-state index contributed by atoms with van der Waals surface area (Å²) in [6, 6.07) is 4.10. The van der Waals surface area contributed by atoms with Crippen molar-refractivity contribution in [2.75, 3.05) is 18.5 Å². The zero-order chi connectivity index (χ0) is 10.6. The first kappa shape index (κ1) is 10.7. The molecule has 1 aromatic rings. The molecule has 0 fully saturated rings. The molecular formula is C8H9ClN2O3. The van der Waals surface area contributed by atoms with E-state index in [-0.39, 0.29) is 12.3 Å². The van der Waals surface area contributed by atoms with Crippen LogP contribution in [0.3, 0.4) is 0 Å². The fourth-order valence-corrected chi connectivity index (χ4v) is 1.14. The van der Waals surface area contributed by atoms with Gasteiger partial charge in [0.1, 0.15) is 0 Å². The van der Waals surface area contributed by atoms with Crippen LogP contribution in [0.2, 0.25) is 5.02 Å². The molecule has 76 valence electrons. The van der Waals surface area contributed by atoms with Crippen molar-refractivity contribution < 1.29 is 10.0 Å². The highest BCUT2D eigenvalue weighted by Crippen LogP contribution is 2.26. The van der Waals surface area contributed by atoms with E-state index >= 15 is 0 Å². The van der Waals surface area contributed by atoms with Gasteiger partial charge in [-0.3, -0.25) is 10.1 Å². The number of aliphatic hydroxyl groups is 1. The van der Waals surface area contributed by atoms with Gasteiger partial charge in [0.15, 0.2) is 0 Å². The van der Waals surface area contributed by atoms with Crippen LogP contribution < -0.4 is 5.32 Å². The number of nitrogens with zero attached hydrogens (tertiary/aromatic N) is 1. The smallest absolute Gasteiger partial charge is 0.271 e. The van der Waals surface area contributed by atoms with Crippen LogP contribution in [0.25, 0.3) is 0 Å². The molecule has 0 unspecified atom stereocenters. The second kappa shape index (κ2) is 4.78. The Labute approximate surface area is 85.5 Å². The Hall–Kier alpha value is -1.33. The second-order valence-corrected chi connectivity index (χ2v) is 2.98. The molecule has 6 heteroatoms. The summed E-state index contributed by atoms with van der Waals surface area (Å²) < 4.78 is 0. The largest absolute Gasteiger partial charge is 0.395 e. The molecule has 0 spiro atoms. The van der Waals surface area contributed by atoms with Crippen LogP contribution in [0, 0.1) is 10.1 Å². The fraction of sp³-hybridized carbons (Fsp3) is 0.250. The average Bonchev–Trinajstić information content (AvgIpc) is 2.16. The third-order valence-electron chi connectivity index (χ3n) is 1.59. The Bertz CT molecular complexity index is 343. The van der Waals surface area contributed by atoms with Crippen LogP contribution in [-0.2, 0) is 0 Å². The van der Waals surface area contributed by atoms with E-state index in [4.69, 9.17) is 16.7 Å². The van der Waals surface area contributed by atoms with Gasteiger partial charge in [-0.25, -0.2) is 0 Å². The van der Waals surface area contributed by atoms with Crippen molar-refractivity contribution in [1.82, 2.24) is 0 Å². The monoisotopic (exact) mass is 216 g/mol. The van der Waals surface area contributed by atoms with E-state index in [0.717, 1.165) is 0 Å². The van der Waals surface area contributed by atoms with E-state index in [1.54, 1.807) is 0 Å². The van der Waals surface area contributed by atoms with Crippen molar-refractivity contribution in [3.05, 3.63) is 33.3 Å². The van der Waals surface area contributed by atoms with Gasteiger partial charge in [-0.2, -0.15) is 0 Å². The number of non-ortho nitro benzene ring substituents is 1. The predicted molar refractivity (Wildman–Crippen MR) is 53.7 cm³/mol. The quantitative estimate of drug-likeness (QED) is 0.593. The highest BCUT2D eigenvalue weighted by Gasteiger charge is 2.08. The maximum Gasteiger partial charge on any atom is 0.271 e. The summed E-state index contributed by atoms with van der Waals surface area (Å²) in [5.41, 5.74) is 0.421. The summed E-state index contributed by atoms with van der Waals surface area (Å²) in [7, 11) is 0. The first-order valence-electron chi connectivity index (χ1n) is 3.94. The maximum atomic E-state index is 10.4. The summed E-state index contributed by atoms with van der Waals surface area (Å²) >= 11 is 5.77. The SMILES string of the molecule is O=[N+]([O-])c1ccc(Cl)c(NCCO)c1. The molecule has 0 radical (unpaired) electrons. The molecule has 0 saturated carbocycles. The van der Waals surface area contributed by atoms with E-state index in [1.807, 2.05) is 0 Å². The van der Waals surface area contributed by atoms with Crippen LogP contribution in [0.15, 0.2) is 18.2 Å². The van der Waals surface area contributed by atoms with Gasteiger partial charge in [-0.15, -0.1) is 0 Å². The number of halogens is 1. The lowest BCUT2D eigenvalue weighted by atomic mass is 10.3. The second-order valence-electron chi connectivity index (χ2n) is 2.57. The van der Waals surface area contributed by atoms with Gasteiger partial charge in [0, 0.05) is 18.7 Å². The standard InChI is InChI=1S/C8H9ClN2O3/c9-7-2-1-6(11(13)14)5-8(7)10-3-4-12/h1-2,5,10,12H,3-4H2. The lowest BCUT2D eigenvalue weighted by molar-refractivity contribution is -0.384. The molecule has 0 aliphatic carbocycles. The van der Waals surface area contributed by atoms with Gasteiger partial charge in [-0.05, 0) is 6.07 Å². The Kier molecular flexibility index (Phi) is 3.67. The number of benzene rings is 1. The van der Waals surface area contributed by atoms with Gasteiger partial charge >= 0.3 is 0 Å². The molecule has 0 bridgehead atoms. The molecule has 0 aliphatic rings. The van der Waals surface area contributed by atoms with Crippen molar-refractivity contribution in [1.29, 1.82) is 0 Å². The summed E-state index contributed by atoms with van der Waals surface area (Å²) in [6.07, 6.45) is 0. The predicted octanol–water partition coefficient (Wildman–Crippen LogP) is 1.65. The summed E-state index contributed by atoms with van der Waals surface area (Å²) in [5.74, 6) is 0. The van der Waals surface area contributed by atoms with Crippen LogP contribution in [0.5, 0.6) is 0 Å². The molecule has 0 saturated heterocycles. The van der Waals surface area contributed by atoms with E-state index < -0.39 is 4.92 Å². The normalized spacial score (nSPS) is 9.86. The van der Waals surface area contributed by atoms with Crippen molar-refractivity contribution in [2.24, 2.45) is 0 Å². The molecule has 14 heavy (non-hydrogen) atoms. The van der Waals surface area contributed by atoms with E-state index in [1.165, 1.54) is 18.2 Å². The number of hydrogen-bond acceptors (Lipinski definition) is 4. The number of nitro groups is 1. The highest BCUT2D eigenvalue weighted by molar-refractivity contribution is 6.33. The molecule has 0 atom stereocenters. The van der Waals surface area contributed by atoms with E-state index in [2.05, 4.69) is 5.32 Å². The fourth-order valence-electron chi connectivity index (χ4n) is 0.953. The third-order valence-corrected chi connectivity index (χ3v) is 1.92. The van der Waals surface area contributed by atoms with Gasteiger partial charge in [0.25, 0.3) is 5.69 Å². The topological polar surface area (TPSA) is 75.4 Å². The summed E-state index contributed by atoms with van der Waals surface area (Å²) in [5, 5.41) is 22.1. The number of nitrogens with one attached hydrogen (secondary N) is 1. The first-order chi connectivity index (χ1) is 6.65. The van der Waals surface area contributed by atoms with Crippen LogP contribution in [-0.4, -0.2) is 23.2 Å². The molecule has 0 amide bonds. The van der Waals surface area contributed by atoms with E-state index in [0.29, 0.717) is 17.3 Å². The molecular weight excluding hydrogens is 208 g/mol. The highest BCUT2D eigenvalue weighted by atomic mass is 35.5. The lowest BCUT2D eigenvalue weighted by Crippen LogP contribution is -2.06. The van der Waals surface area contributed by atoms with Crippen molar-refractivity contribution in [3.8, 4) is 0 Å². The minimum Gasteiger partial charge on any atom is -0.395 e. The molecule has 2 N–H and O–H groups in total. The first-order valence-corrected chi connectivity index (χ1v) is 4.31. The summed E-state index contributed by atoms with van der Waals surface area (Å²) in [4.78, 5) is 9.92. The molecule has 1 aromatic carbocycles. The van der Waals surface area contributed by atoms with Gasteiger partial charge in [0.05, 0.1) is 22.2 Å². The zero-order valence-electron chi connectivity index (χ0n) is 7.24. The Morgan fingerprint density at radius 2 is 2.29 bits per heavy atom. The molecule has 5 nitrogen and oxygen atoms in total. The Balaban J connectivity index is 2.90. The average molecular weight is 217 g/mol. The molecule has 1 rings (SSSR count). The Morgan fingerprint density at radius 1 is 1.57 bits per heavy atom. The van der Waals surface area contributed by atoms with Crippen LogP contribution in [0.4, 0.5) is 11.4 Å². The number of anilines is 1. The number of aliphatic hydroxyl groups excluding tert-OH is 1. The summed E-state index contributed by atoms with van der Waals surface area (Å²) in [6.45, 7) is 0.250.